The van der Waals surface area contributed by atoms with Crippen molar-refractivity contribution < 1.29 is 9.84 Å². The second-order valence-electron chi connectivity index (χ2n) is 7.92. The highest BCUT2D eigenvalue weighted by Crippen LogP contribution is 2.54. The zero-order valence-electron chi connectivity index (χ0n) is 15.5. The molecule has 1 aliphatic carbocycles. The molecule has 6 rings (SSSR count). The second kappa shape index (κ2) is 6.02. The van der Waals surface area contributed by atoms with Crippen molar-refractivity contribution in [3.05, 3.63) is 35.7 Å². The number of hydrogen-bond donors (Lipinski definition) is 1. The Hall–Kier alpha value is -2.45. The van der Waals surface area contributed by atoms with Crippen LogP contribution < -0.4 is 9.80 Å². The lowest BCUT2D eigenvalue weighted by atomic mass is 9.87. The first kappa shape index (κ1) is 16.5. The summed E-state index contributed by atoms with van der Waals surface area (Å²) >= 11 is 1.68. The SMILES string of the molecule is Oc1ccc2c(c1)C1(CC1)CN(c1ncnc3nc(N4CCOCC4)sc13)C2. The summed E-state index contributed by atoms with van der Waals surface area (Å²) in [6.45, 7) is 4.95. The van der Waals surface area contributed by atoms with Gasteiger partial charge in [-0.25, -0.2) is 9.97 Å². The molecule has 7 nitrogen and oxygen atoms in total. The molecule has 1 spiro atoms. The average Bonchev–Trinajstić information content (AvgIpc) is 3.35. The van der Waals surface area contributed by atoms with Crippen LogP contribution >= 0.6 is 11.3 Å². The molecule has 1 aromatic carbocycles. The number of anilines is 2. The lowest BCUT2D eigenvalue weighted by molar-refractivity contribution is 0.122. The van der Waals surface area contributed by atoms with E-state index < -0.39 is 0 Å². The monoisotopic (exact) mass is 395 g/mol. The van der Waals surface area contributed by atoms with Gasteiger partial charge in [-0.1, -0.05) is 17.4 Å². The summed E-state index contributed by atoms with van der Waals surface area (Å²) in [7, 11) is 0. The van der Waals surface area contributed by atoms with Gasteiger partial charge in [-0.05, 0) is 36.1 Å². The maximum Gasteiger partial charge on any atom is 0.188 e. The summed E-state index contributed by atoms with van der Waals surface area (Å²) in [5.74, 6) is 1.34. The summed E-state index contributed by atoms with van der Waals surface area (Å²) in [4.78, 5) is 18.5. The van der Waals surface area contributed by atoms with Crippen molar-refractivity contribution in [3.63, 3.8) is 0 Å². The van der Waals surface area contributed by atoms with Crippen molar-refractivity contribution in [2.24, 2.45) is 0 Å². The van der Waals surface area contributed by atoms with Crippen LogP contribution in [0.3, 0.4) is 0 Å². The molecule has 1 N–H and O–H groups in total. The summed E-state index contributed by atoms with van der Waals surface area (Å²) in [5, 5.41) is 10.9. The maximum atomic E-state index is 9.94. The van der Waals surface area contributed by atoms with E-state index in [1.165, 1.54) is 11.1 Å². The number of phenols is 1. The van der Waals surface area contributed by atoms with Crippen LogP contribution in [-0.4, -0.2) is 52.9 Å². The highest BCUT2D eigenvalue weighted by Gasteiger charge is 2.49. The van der Waals surface area contributed by atoms with Crippen LogP contribution in [0.5, 0.6) is 5.75 Å². The first-order chi connectivity index (χ1) is 13.7. The Morgan fingerprint density at radius 2 is 1.96 bits per heavy atom. The molecule has 3 aromatic rings. The van der Waals surface area contributed by atoms with E-state index in [1.54, 1.807) is 23.7 Å². The molecule has 0 radical (unpaired) electrons. The van der Waals surface area contributed by atoms with Gasteiger partial charge in [-0.15, -0.1) is 0 Å². The van der Waals surface area contributed by atoms with E-state index in [-0.39, 0.29) is 5.41 Å². The van der Waals surface area contributed by atoms with Crippen molar-refractivity contribution >= 4 is 32.6 Å². The van der Waals surface area contributed by atoms with Gasteiger partial charge in [0.1, 0.15) is 16.8 Å². The van der Waals surface area contributed by atoms with Gasteiger partial charge in [0.15, 0.2) is 16.6 Å². The minimum absolute atomic E-state index is 0.154. The number of hydrogen-bond acceptors (Lipinski definition) is 8. The third-order valence-corrected chi connectivity index (χ3v) is 7.22. The van der Waals surface area contributed by atoms with Gasteiger partial charge in [-0.2, -0.15) is 4.98 Å². The largest absolute Gasteiger partial charge is 0.508 e. The fourth-order valence-corrected chi connectivity index (χ4v) is 5.57. The number of nitrogens with zero attached hydrogens (tertiary/aromatic N) is 5. The number of aromatic nitrogens is 3. The molecule has 0 atom stereocenters. The van der Waals surface area contributed by atoms with E-state index in [1.807, 2.05) is 6.07 Å². The molecular weight excluding hydrogens is 374 g/mol. The molecule has 8 heteroatoms. The van der Waals surface area contributed by atoms with Crippen LogP contribution in [0.1, 0.15) is 24.0 Å². The summed E-state index contributed by atoms with van der Waals surface area (Å²) in [6.07, 6.45) is 3.96. The van der Waals surface area contributed by atoms with E-state index in [4.69, 9.17) is 9.72 Å². The van der Waals surface area contributed by atoms with Crippen LogP contribution in [0.4, 0.5) is 10.9 Å². The van der Waals surface area contributed by atoms with E-state index in [0.717, 1.165) is 73.5 Å². The van der Waals surface area contributed by atoms with Crippen molar-refractivity contribution in [2.45, 2.75) is 24.8 Å². The van der Waals surface area contributed by atoms with Crippen molar-refractivity contribution in [2.75, 3.05) is 42.6 Å². The minimum Gasteiger partial charge on any atom is -0.508 e. The quantitative estimate of drug-likeness (QED) is 0.715. The third kappa shape index (κ3) is 2.55. The first-order valence-corrected chi connectivity index (χ1v) is 10.6. The van der Waals surface area contributed by atoms with Gasteiger partial charge >= 0.3 is 0 Å². The molecule has 144 valence electrons. The Kier molecular flexibility index (Phi) is 3.55. The minimum atomic E-state index is 0.154. The third-order valence-electron chi connectivity index (χ3n) is 6.12. The normalized spacial score (nSPS) is 20.6. The van der Waals surface area contributed by atoms with Crippen molar-refractivity contribution in [1.82, 2.24) is 15.0 Å². The Bertz CT molecular complexity index is 1060. The molecule has 28 heavy (non-hydrogen) atoms. The number of thiazole rings is 1. The predicted molar refractivity (Wildman–Crippen MR) is 108 cm³/mol. The molecule has 1 saturated heterocycles. The molecule has 4 heterocycles. The van der Waals surface area contributed by atoms with Gasteiger partial charge in [0.25, 0.3) is 0 Å². The number of phenolic OH excluding ortho intramolecular Hbond substituents is 1. The standard InChI is InChI=1S/C20H21N5O2S/c26-14-2-1-13-10-25(11-20(3-4-20)15(13)9-14)18-16-17(21-12-22-18)23-19(28-16)24-5-7-27-8-6-24/h1-2,9,12,26H,3-8,10-11H2. The molecule has 1 saturated carbocycles. The molecule has 0 unspecified atom stereocenters. The van der Waals surface area contributed by atoms with Gasteiger partial charge in [0.05, 0.1) is 13.2 Å². The van der Waals surface area contributed by atoms with Crippen molar-refractivity contribution in [3.8, 4) is 5.75 Å². The molecule has 0 bridgehead atoms. The number of morpholine rings is 1. The molecule has 2 fully saturated rings. The lowest BCUT2D eigenvalue weighted by Crippen LogP contribution is -2.38. The van der Waals surface area contributed by atoms with E-state index in [0.29, 0.717) is 5.75 Å². The highest BCUT2D eigenvalue weighted by atomic mass is 32.1. The lowest BCUT2D eigenvalue weighted by Gasteiger charge is -2.36. The van der Waals surface area contributed by atoms with Crippen LogP contribution in [0.2, 0.25) is 0 Å². The summed E-state index contributed by atoms with van der Waals surface area (Å²) in [6, 6.07) is 5.80. The van der Waals surface area contributed by atoms with E-state index in [2.05, 4.69) is 25.8 Å². The van der Waals surface area contributed by atoms with Crippen molar-refractivity contribution in [1.29, 1.82) is 0 Å². The average molecular weight is 395 g/mol. The topological polar surface area (TPSA) is 74.6 Å². The summed E-state index contributed by atoms with van der Waals surface area (Å²) < 4.78 is 6.52. The molecule has 2 aliphatic heterocycles. The van der Waals surface area contributed by atoms with Crippen LogP contribution in [-0.2, 0) is 16.7 Å². The number of aromatic hydroxyl groups is 1. The van der Waals surface area contributed by atoms with E-state index >= 15 is 0 Å². The van der Waals surface area contributed by atoms with Crippen LogP contribution in [0.15, 0.2) is 24.5 Å². The second-order valence-corrected chi connectivity index (χ2v) is 8.90. The fourth-order valence-electron chi connectivity index (χ4n) is 4.48. The zero-order valence-corrected chi connectivity index (χ0v) is 16.3. The number of rotatable bonds is 2. The number of benzene rings is 1. The van der Waals surface area contributed by atoms with Gasteiger partial charge in [-0.3, -0.25) is 0 Å². The first-order valence-electron chi connectivity index (χ1n) is 9.73. The Labute approximate surface area is 166 Å². The van der Waals surface area contributed by atoms with Gasteiger partial charge in [0.2, 0.25) is 0 Å². The Morgan fingerprint density at radius 1 is 1.11 bits per heavy atom. The molecule has 3 aliphatic rings. The maximum absolute atomic E-state index is 9.94. The van der Waals surface area contributed by atoms with Crippen LogP contribution in [0.25, 0.3) is 10.3 Å². The van der Waals surface area contributed by atoms with Gasteiger partial charge in [0, 0.05) is 31.6 Å². The predicted octanol–water partition coefficient (Wildman–Crippen LogP) is 2.68. The Morgan fingerprint density at radius 3 is 2.79 bits per heavy atom. The van der Waals surface area contributed by atoms with Crippen LogP contribution in [0, 0.1) is 0 Å². The fraction of sp³-hybridized carbons (Fsp3) is 0.450. The van der Waals surface area contributed by atoms with E-state index in [9.17, 15) is 5.11 Å². The molecule has 2 aromatic heterocycles. The zero-order chi connectivity index (χ0) is 18.7. The smallest absolute Gasteiger partial charge is 0.188 e. The summed E-state index contributed by atoms with van der Waals surface area (Å²) in [5.41, 5.74) is 3.53. The molecular formula is C20H21N5O2S. The highest BCUT2D eigenvalue weighted by molar-refractivity contribution is 7.22. The number of fused-ring (bicyclic) bond motifs is 3. The number of ether oxygens (including phenoxy) is 1. The molecule has 0 amide bonds. The Balaban J connectivity index is 1.40. The van der Waals surface area contributed by atoms with Gasteiger partial charge < -0.3 is 19.6 Å².